The number of rotatable bonds is 8. The minimum absolute atomic E-state index is 0.0557. The van der Waals surface area contributed by atoms with Crippen LogP contribution in [-0.2, 0) is 22.4 Å². The summed E-state index contributed by atoms with van der Waals surface area (Å²) in [5, 5.41) is 5.57. The zero-order chi connectivity index (χ0) is 30.7. The number of hydrogen-bond acceptors (Lipinski definition) is 5. The number of halogens is 3. The van der Waals surface area contributed by atoms with Crippen molar-refractivity contribution >= 4 is 28.7 Å². The van der Waals surface area contributed by atoms with Crippen molar-refractivity contribution in [3.63, 3.8) is 0 Å². The third-order valence-corrected chi connectivity index (χ3v) is 7.33. The van der Waals surface area contributed by atoms with E-state index in [0.717, 1.165) is 36.6 Å². The molecule has 0 saturated heterocycles. The number of carbonyl (C=O) groups excluding carboxylic acids is 3. The van der Waals surface area contributed by atoms with Gasteiger partial charge in [-0.2, -0.15) is 0 Å². The lowest BCUT2D eigenvalue weighted by Gasteiger charge is -2.20. The fraction of sp³-hybridized carbons (Fsp3) is 0.281. The van der Waals surface area contributed by atoms with Crippen LogP contribution in [0.4, 0.5) is 13.2 Å². The number of aryl methyl sites for hydroxylation is 1. The van der Waals surface area contributed by atoms with E-state index in [2.05, 4.69) is 15.6 Å². The second-order valence-electron chi connectivity index (χ2n) is 10.2. The number of aromatic amines is 1. The summed E-state index contributed by atoms with van der Waals surface area (Å²) in [4.78, 5) is 42.0. The molecule has 1 atom stereocenters. The molecule has 1 aliphatic heterocycles. The highest BCUT2D eigenvalue weighted by molar-refractivity contribution is 6.01. The van der Waals surface area contributed by atoms with E-state index in [0.29, 0.717) is 46.4 Å². The van der Waals surface area contributed by atoms with Gasteiger partial charge in [0.2, 0.25) is 0 Å². The van der Waals surface area contributed by atoms with Crippen LogP contribution in [-0.4, -0.2) is 49.1 Å². The van der Waals surface area contributed by atoms with E-state index >= 15 is 0 Å². The van der Waals surface area contributed by atoms with Crippen LogP contribution in [0.5, 0.6) is 5.75 Å². The monoisotopic (exact) mass is 593 g/mol. The first kappa shape index (κ1) is 29.7. The number of esters is 1. The smallest absolute Gasteiger partial charge is 0.328 e. The van der Waals surface area contributed by atoms with Gasteiger partial charge in [-0.05, 0) is 84.8 Å². The predicted molar refractivity (Wildman–Crippen MR) is 153 cm³/mol. The van der Waals surface area contributed by atoms with Crippen molar-refractivity contribution in [1.82, 2.24) is 15.6 Å². The second kappa shape index (κ2) is 12.6. The van der Waals surface area contributed by atoms with Crippen LogP contribution >= 0.6 is 0 Å². The van der Waals surface area contributed by atoms with Crippen LogP contribution in [0.1, 0.15) is 51.6 Å². The SMILES string of the molecule is CCOC(=O)C(Cc1c[nH]c2cc(F)c(F)cc12)NC(=O)c1cc(-c2cc(F)cc(C(=O)NC)c2)cc2c1OCCCC2. The first-order valence-corrected chi connectivity index (χ1v) is 13.9. The standard InChI is InChI=1S/C32H30F3N3O5/c1-3-42-32(41)28(13-21-16-37-27-15-26(35)25(34)14-23(21)27)38-31(40)24-12-19(8-17-6-4-5-7-43-29(17)24)18-9-20(30(39)36-2)11-22(33)10-18/h8-12,14-16,28,37H,3-7,13H2,1-2H3,(H,36,39)(H,38,40). The largest absolute Gasteiger partial charge is 0.492 e. The second-order valence-corrected chi connectivity index (χ2v) is 10.2. The molecule has 0 spiro atoms. The van der Waals surface area contributed by atoms with Crippen molar-refractivity contribution in [3.8, 4) is 16.9 Å². The maximum absolute atomic E-state index is 14.6. The van der Waals surface area contributed by atoms with E-state index in [1.165, 1.54) is 31.4 Å². The summed E-state index contributed by atoms with van der Waals surface area (Å²) in [6.45, 7) is 2.07. The molecule has 1 aliphatic rings. The minimum Gasteiger partial charge on any atom is -0.492 e. The average Bonchev–Trinajstić information content (AvgIpc) is 3.20. The number of fused-ring (bicyclic) bond motifs is 2. The van der Waals surface area contributed by atoms with Crippen LogP contribution in [0.15, 0.2) is 48.7 Å². The third kappa shape index (κ3) is 6.35. The van der Waals surface area contributed by atoms with Crippen LogP contribution in [0.2, 0.25) is 0 Å². The number of benzene rings is 3. The quantitative estimate of drug-likeness (QED) is 0.243. The molecule has 1 unspecified atom stereocenters. The van der Waals surface area contributed by atoms with Gasteiger partial charge in [-0.1, -0.05) is 0 Å². The molecule has 11 heteroatoms. The van der Waals surface area contributed by atoms with Gasteiger partial charge in [-0.25, -0.2) is 18.0 Å². The Morgan fingerprint density at radius 2 is 1.74 bits per heavy atom. The van der Waals surface area contributed by atoms with E-state index in [1.54, 1.807) is 6.92 Å². The number of amides is 2. The highest BCUT2D eigenvalue weighted by Gasteiger charge is 2.28. The molecule has 0 saturated carbocycles. The highest BCUT2D eigenvalue weighted by Crippen LogP contribution is 2.35. The van der Waals surface area contributed by atoms with Gasteiger partial charge in [0.1, 0.15) is 17.6 Å². The van der Waals surface area contributed by atoms with Gasteiger partial charge in [-0.3, -0.25) is 9.59 Å². The Labute approximate surface area is 245 Å². The normalized spacial score (nSPS) is 13.4. The van der Waals surface area contributed by atoms with Gasteiger partial charge in [0.15, 0.2) is 11.6 Å². The van der Waals surface area contributed by atoms with Crippen LogP contribution in [0.25, 0.3) is 22.0 Å². The average molecular weight is 594 g/mol. The Hall–Kier alpha value is -4.80. The molecule has 2 amide bonds. The Balaban J connectivity index is 1.53. The fourth-order valence-corrected chi connectivity index (χ4v) is 5.24. The molecule has 224 valence electrons. The minimum atomic E-state index is -1.18. The summed E-state index contributed by atoms with van der Waals surface area (Å²) in [6.07, 6.45) is 3.60. The highest BCUT2D eigenvalue weighted by atomic mass is 19.2. The zero-order valence-electron chi connectivity index (χ0n) is 23.6. The van der Waals surface area contributed by atoms with Crippen molar-refractivity contribution in [1.29, 1.82) is 0 Å². The summed E-state index contributed by atoms with van der Waals surface area (Å²) in [5.41, 5.74) is 2.65. The van der Waals surface area contributed by atoms with Gasteiger partial charge in [0.25, 0.3) is 11.8 Å². The van der Waals surface area contributed by atoms with Crippen LogP contribution < -0.4 is 15.4 Å². The number of hydrogen-bond donors (Lipinski definition) is 3. The van der Waals surface area contributed by atoms with Crippen molar-refractivity contribution < 1.29 is 37.0 Å². The molecule has 8 nitrogen and oxygen atoms in total. The molecule has 2 heterocycles. The fourth-order valence-electron chi connectivity index (χ4n) is 5.24. The number of aromatic nitrogens is 1. The van der Waals surface area contributed by atoms with Gasteiger partial charge >= 0.3 is 5.97 Å². The molecule has 43 heavy (non-hydrogen) atoms. The summed E-state index contributed by atoms with van der Waals surface area (Å²) >= 11 is 0. The summed E-state index contributed by atoms with van der Waals surface area (Å²) in [5.74, 6) is -4.14. The Morgan fingerprint density at radius 3 is 2.51 bits per heavy atom. The molecule has 0 radical (unpaired) electrons. The number of H-pyrrole nitrogens is 1. The molecule has 0 fully saturated rings. The number of nitrogens with one attached hydrogen (secondary N) is 3. The lowest BCUT2D eigenvalue weighted by molar-refractivity contribution is -0.145. The van der Waals surface area contributed by atoms with E-state index in [-0.39, 0.29) is 24.2 Å². The van der Waals surface area contributed by atoms with E-state index in [9.17, 15) is 27.6 Å². The van der Waals surface area contributed by atoms with E-state index < -0.39 is 41.3 Å². The van der Waals surface area contributed by atoms with Gasteiger partial charge < -0.3 is 25.1 Å². The summed E-state index contributed by atoms with van der Waals surface area (Å²) in [7, 11) is 1.44. The van der Waals surface area contributed by atoms with Crippen molar-refractivity contribution in [3.05, 3.63) is 88.4 Å². The first-order valence-electron chi connectivity index (χ1n) is 13.9. The zero-order valence-corrected chi connectivity index (χ0v) is 23.6. The molecule has 4 aromatic rings. The molecule has 0 aliphatic carbocycles. The van der Waals surface area contributed by atoms with Gasteiger partial charge in [0, 0.05) is 42.2 Å². The van der Waals surface area contributed by atoms with Gasteiger partial charge in [-0.15, -0.1) is 0 Å². The van der Waals surface area contributed by atoms with E-state index in [1.807, 2.05) is 6.07 Å². The Kier molecular flexibility index (Phi) is 8.70. The lowest BCUT2D eigenvalue weighted by Crippen LogP contribution is -2.43. The predicted octanol–water partition coefficient (Wildman–Crippen LogP) is 5.23. The molecule has 0 bridgehead atoms. The van der Waals surface area contributed by atoms with Crippen molar-refractivity contribution in [2.75, 3.05) is 20.3 Å². The molecule has 3 aromatic carbocycles. The third-order valence-electron chi connectivity index (χ3n) is 7.33. The Bertz CT molecular complexity index is 1720. The maximum Gasteiger partial charge on any atom is 0.328 e. The maximum atomic E-state index is 14.6. The van der Waals surface area contributed by atoms with E-state index in [4.69, 9.17) is 9.47 Å². The summed E-state index contributed by atoms with van der Waals surface area (Å²) < 4.78 is 53.5. The topological polar surface area (TPSA) is 110 Å². The number of ether oxygens (including phenoxy) is 2. The van der Waals surface area contributed by atoms with Crippen LogP contribution in [0, 0.1) is 17.5 Å². The van der Waals surface area contributed by atoms with Gasteiger partial charge in [0.05, 0.1) is 18.8 Å². The lowest BCUT2D eigenvalue weighted by atomic mass is 9.94. The Morgan fingerprint density at radius 1 is 0.977 bits per heavy atom. The molecule has 5 rings (SSSR count). The first-order chi connectivity index (χ1) is 20.7. The van der Waals surface area contributed by atoms with Crippen LogP contribution in [0.3, 0.4) is 0 Å². The number of carbonyl (C=O) groups is 3. The van der Waals surface area contributed by atoms with Crippen molar-refractivity contribution in [2.45, 2.75) is 38.6 Å². The molecular weight excluding hydrogens is 563 g/mol. The molecule has 1 aromatic heterocycles. The van der Waals surface area contributed by atoms with Crippen molar-refractivity contribution in [2.24, 2.45) is 0 Å². The molecular formula is C32H30F3N3O5. The summed E-state index contributed by atoms with van der Waals surface area (Å²) in [6, 6.07) is 8.14. The molecule has 3 N–H and O–H groups in total.